The van der Waals surface area contributed by atoms with Gasteiger partial charge in [-0.25, -0.2) is 4.79 Å². The van der Waals surface area contributed by atoms with Gasteiger partial charge in [-0.3, -0.25) is 4.57 Å². The number of aromatic carboxylic acids is 1. The Morgan fingerprint density at radius 2 is 1.96 bits per heavy atom. The van der Waals surface area contributed by atoms with E-state index in [4.69, 9.17) is 4.52 Å². The molecule has 26 heavy (non-hydrogen) atoms. The summed E-state index contributed by atoms with van der Waals surface area (Å²) in [5.41, 5.74) is 2.18. The van der Waals surface area contributed by atoms with E-state index < -0.39 is 13.5 Å². The van der Waals surface area contributed by atoms with Gasteiger partial charge < -0.3 is 14.7 Å². The predicted molar refractivity (Wildman–Crippen MR) is 108 cm³/mol. The monoisotopic (exact) mass is 407 g/mol. The van der Waals surface area contributed by atoms with Gasteiger partial charge in [-0.15, -0.1) is 22.7 Å². The van der Waals surface area contributed by atoms with Crippen molar-refractivity contribution in [2.24, 2.45) is 0 Å². The zero-order chi connectivity index (χ0) is 18.9. The zero-order valence-electron chi connectivity index (χ0n) is 14.5. The van der Waals surface area contributed by atoms with E-state index in [0.717, 1.165) is 32.2 Å². The highest BCUT2D eigenvalue weighted by atomic mass is 32.1. The molecule has 0 saturated carbocycles. The molecule has 2 aromatic heterocycles. The van der Waals surface area contributed by atoms with Gasteiger partial charge in [-0.05, 0) is 43.0 Å². The predicted octanol–water partition coefficient (Wildman–Crippen LogP) is 5.37. The molecule has 3 rings (SSSR count). The van der Waals surface area contributed by atoms with E-state index >= 15 is 0 Å². The Balaban J connectivity index is 2.05. The second-order valence-corrected chi connectivity index (χ2v) is 9.95. The molecule has 0 radical (unpaired) electrons. The zero-order valence-corrected chi connectivity index (χ0v) is 17.0. The topological polar surface area (TPSA) is 75.6 Å². The lowest BCUT2D eigenvalue weighted by molar-refractivity contribution is 0.0703. The van der Waals surface area contributed by atoms with Crippen molar-refractivity contribution in [1.29, 1.82) is 0 Å². The highest BCUT2D eigenvalue weighted by molar-refractivity contribution is 7.68. The molecule has 1 unspecified atom stereocenters. The Hall–Kier alpha value is -1.92. The second-order valence-electron chi connectivity index (χ2n) is 5.77. The quantitative estimate of drug-likeness (QED) is 0.538. The summed E-state index contributed by atoms with van der Waals surface area (Å²) < 4.78 is 18.8. The van der Waals surface area contributed by atoms with Crippen molar-refractivity contribution in [3.05, 3.63) is 57.8 Å². The van der Waals surface area contributed by atoms with E-state index in [-0.39, 0.29) is 4.88 Å². The molecule has 0 aliphatic heterocycles. The minimum Gasteiger partial charge on any atom is -0.477 e. The van der Waals surface area contributed by atoms with Crippen molar-refractivity contribution >= 4 is 47.2 Å². The Bertz CT molecular complexity index is 995. The van der Waals surface area contributed by atoms with Crippen LogP contribution in [0.4, 0.5) is 5.69 Å². The van der Waals surface area contributed by atoms with Gasteiger partial charge in [0.25, 0.3) is 0 Å². The number of hydrogen-bond donors (Lipinski definition) is 2. The van der Waals surface area contributed by atoms with Crippen molar-refractivity contribution in [2.45, 2.75) is 13.8 Å². The third kappa shape index (κ3) is 3.62. The SMILES string of the molecule is COP(=O)(Nc1cc(-c2cccs2)sc1C(=O)O)c1ccc(C)cc1C. The first-order chi connectivity index (χ1) is 12.3. The highest BCUT2D eigenvalue weighted by Gasteiger charge is 2.30. The smallest absolute Gasteiger partial charge is 0.348 e. The molecular weight excluding hydrogens is 389 g/mol. The van der Waals surface area contributed by atoms with Crippen LogP contribution in [0.1, 0.15) is 20.8 Å². The Morgan fingerprint density at radius 3 is 2.54 bits per heavy atom. The Labute approximate surface area is 159 Å². The van der Waals surface area contributed by atoms with Gasteiger partial charge in [0.2, 0.25) is 0 Å². The number of aryl methyl sites for hydroxylation is 2. The van der Waals surface area contributed by atoms with Gasteiger partial charge in [-0.2, -0.15) is 0 Å². The first-order valence-electron chi connectivity index (χ1n) is 7.77. The molecule has 1 aromatic carbocycles. The van der Waals surface area contributed by atoms with E-state index in [1.807, 2.05) is 43.5 Å². The second kappa shape index (κ2) is 7.37. The van der Waals surface area contributed by atoms with E-state index in [9.17, 15) is 14.5 Å². The molecule has 0 aliphatic rings. The maximum Gasteiger partial charge on any atom is 0.348 e. The number of hydrogen-bond acceptors (Lipinski definition) is 5. The fourth-order valence-corrected chi connectivity index (χ4v) is 6.23. The summed E-state index contributed by atoms with van der Waals surface area (Å²) in [6.45, 7) is 3.81. The Morgan fingerprint density at radius 1 is 1.19 bits per heavy atom. The molecule has 8 heteroatoms. The molecule has 2 heterocycles. The number of anilines is 1. The van der Waals surface area contributed by atoms with E-state index in [0.29, 0.717) is 11.0 Å². The van der Waals surface area contributed by atoms with E-state index in [2.05, 4.69) is 5.09 Å². The van der Waals surface area contributed by atoms with Crippen LogP contribution in [0, 0.1) is 13.8 Å². The number of carboxylic acids is 1. The van der Waals surface area contributed by atoms with Crippen molar-refractivity contribution in [2.75, 3.05) is 12.2 Å². The van der Waals surface area contributed by atoms with Crippen LogP contribution >= 0.6 is 30.2 Å². The molecule has 0 saturated heterocycles. The molecule has 0 fully saturated rings. The maximum atomic E-state index is 13.4. The number of rotatable bonds is 6. The largest absolute Gasteiger partial charge is 0.477 e. The van der Waals surface area contributed by atoms with Crippen LogP contribution in [0.3, 0.4) is 0 Å². The van der Waals surface area contributed by atoms with Gasteiger partial charge in [-0.1, -0.05) is 23.8 Å². The summed E-state index contributed by atoms with van der Waals surface area (Å²) in [6.07, 6.45) is 0. The van der Waals surface area contributed by atoms with Crippen molar-refractivity contribution in [3.8, 4) is 9.75 Å². The van der Waals surface area contributed by atoms with Crippen LogP contribution in [-0.4, -0.2) is 18.2 Å². The fraction of sp³-hybridized carbons (Fsp3) is 0.167. The molecule has 0 bridgehead atoms. The average Bonchev–Trinajstić information content (AvgIpc) is 3.23. The number of benzene rings is 1. The van der Waals surface area contributed by atoms with Gasteiger partial charge >= 0.3 is 13.5 Å². The lowest BCUT2D eigenvalue weighted by atomic mass is 10.2. The fourth-order valence-electron chi connectivity index (χ4n) is 2.67. The summed E-state index contributed by atoms with van der Waals surface area (Å²) in [7, 11) is -2.10. The van der Waals surface area contributed by atoms with Crippen LogP contribution in [-0.2, 0) is 9.09 Å². The normalized spacial score (nSPS) is 13.3. The molecule has 3 aromatic rings. The van der Waals surface area contributed by atoms with Crippen LogP contribution < -0.4 is 10.4 Å². The average molecular weight is 407 g/mol. The van der Waals surface area contributed by atoms with Gasteiger partial charge in [0.05, 0.1) is 11.0 Å². The Kier molecular flexibility index (Phi) is 5.34. The standard InChI is InChI=1S/C18H18NO4PS2/c1-11-6-7-14(12(2)9-11)24(22,23-3)19-13-10-16(15-5-4-8-25-15)26-17(13)18(20)21/h4-10H,1-3H3,(H,19,22)(H,20,21). The van der Waals surface area contributed by atoms with Crippen LogP contribution in [0.25, 0.3) is 9.75 Å². The third-order valence-electron chi connectivity index (χ3n) is 3.88. The van der Waals surface area contributed by atoms with Gasteiger partial charge in [0.1, 0.15) is 4.88 Å². The molecule has 5 nitrogen and oxygen atoms in total. The van der Waals surface area contributed by atoms with Crippen molar-refractivity contribution in [1.82, 2.24) is 0 Å². The summed E-state index contributed by atoms with van der Waals surface area (Å²) in [6, 6.07) is 11.1. The summed E-state index contributed by atoms with van der Waals surface area (Å²) in [4.78, 5) is 13.5. The van der Waals surface area contributed by atoms with Gasteiger partial charge in [0, 0.05) is 16.9 Å². The molecule has 136 valence electrons. The lowest BCUT2D eigenvalue weighted by Crippen LogP contribution is -2.17. The van der Waals surface area contributed by atoms with Crippen molar-refractivity contribution < 1.29 is 19.0 Å². The first-order valence-corrected chi connectivity index (χ1v) is 11.1. The minimum absolute atomic E-state index is 0.107. The maximum absolute atomic E-state index is 13.4. The van der Waals surface area contributed by atoms with Crippen LogP contribution in [0.15, 0.2) is 41.8 Å². The number of nitrogens with one attached hydrogen (secondary N) is 1. The van der Waals surface area contributed by atoms with E-state index in [1.54, 1.807) is 12.1 Å². The first kappa shape index (κ1) is 18.9. The molecule has 0 aliphatic carbocycles. The molecule has 1 atom stereocenters. The lowest BCUT2D eigenvalue weighted by Gasteiger charge is -2.20. The van der Waals surface area contributed by atoms with Crippen LogP contribution in [0.2, 0.25) is 0 Å². The van der Waals surface area contributed by atoms with Gasteiger partial charge in [0.15, 0.2) is 0 Å². The molecular formula is C18H18NO4PS2. The minimum atomic E-state index is -3.47. The molecule has 0 spiro atoms. The molecule has 2 N–H and O–H groups in total. The van der Waals surface area contributed by atoms with Crippen LogP contribution in [0.5, 0.6) is 0 Å². The van der Waals surface area contributed by atoms with E-state index in [1.165, 1.54) is 18.4 Å². The number of thiophene rings is 2. The third-order valence-corrected chi connectivity index (χ3v) is 8.26. The number of carbonyl (C=O) groups is 1. The molecule has 0 amide bonds. The highest BCUT2D eigenvalue weighted by Crippen LogP contribution is 2.49. The summed E-state index contributed by atoms with van der Waals surface area (Å²) >= 11 is 2.67. The van der Waals surface area contributed by atoms with Crippen molar-refractivity contribution in [3.63, 3.8) is 0 Å². The number of carboxylic acid groups (broad SMARTS) is 1. The summed E-state index contributed by atoms with van der Waals surface area (Å²) in [5, 5.41) is 14.9. The summed E-state index contributed by atoms with van der Waals surface area (Å²) in [5.74, 6) is -1.07.